The van der Waals surface area contributed by atoms with Crippen molar-refractivity contribution in [3.05, 3.63) is 23.8 Å². The number of anilines is 1. The van der Waals surface area contributed by atoms with E-state index < -0.39 is 5.38 Å². The summed E-state index contributed by atoms with van der Waals surface area (Å²) in [6, 6.07) is 4.90. The molecule has 1 amide bonds. The van der Waals surface area contributed by atoms with E-state index in [9.17, 15) is 9.59 Å². The fourth-order valence-electron chi connectivity index (χ4n) is 1.52. The highest BCUT2D eigenvalue weighted by Crippen LogP contribution is 2.27. The number of hydrogen-bond acceptors (Lipinski definition) is 3. The maximum absolute atomic E-state index is 11.8. The molecule has 1 N–H and O–H groups in total. The minimum absolute atomic E-state index is 0.106. The SMILES string of the molecule is CCOc1cc(C(=O)C(C)Cl)ccc1NC(=O)CC. The van der Waals surface area contributed by atoms with E-state index in [0.717, 1.165) is 0 Å². The number of carbonyl (C=O) groups excluding carboxylic acids is 2. The standard InChI is InChI=1S/C14H18ClNO3/c1-4-13(17)16-11-7-6-10(14(18)9(3)15)8-12(11)19-5-2/h6-9H,4-5H2,1-3H3,(H,16,17). The van der Waals surface area contributed by atoms with Crippen LogP contribution in [-0.4, -0.2) is 23.7 Å². The first kappa shape index (κ1) is 15.5. The van der Waals surface area contributed by atoms with Crippen molar-refractivity contribution >= 4 is 29.0 Å². The van der Waals surface area contributed by atoms with Crippen LogP contribution >= 0.6 is 11.6 Å². The molecule has 1 aromatic rings. The predicted octanol–water partition coefficient (Wildman–Crippen LogP) is 3.24. The van der Waals surface area contributed by atoms with E-state index in [2.05, 4.69) is 5.32 Å². The largest absolute Gasteiger partial charge is 0.492 e. The second-order valence-corrected chi connectivity index (χ2v) is 4.68. The van der Waals surface area contributed by atoms with Gasteiger partial charge in [0.25, 0.3) is 0 Å². The average Bonchev–Trinajstić information content (AvgIpc) is 2.39. The molecule has 0 saturated heterocycles. The van der Waals surface area contributed by atoms with Crippen LogP contribution in [0.2, 0.25) is 0 Å². The monoisotopic (exact) mass is 283 g/mol. The Labute approximate surface area is 118 Å². The second kappa shape index (κ2) is 7.14. The zero-order valence-corrected chi connectivity index (χ0v) is 12.1. The van der Waals surface area contributed by atoms with Gasteiger partial charge in [0.1, 0.15) is 5.75 Å². The van der Waals surface area contributed by atoms with Crippen molar-refractivity contribution in [3.63, 3.8) is 0 Å². The van der Waals surface area contributed by atoms with Gasteiger partial charge >= 0.3 is 0 Å². The number of amides is 1. The molecule has 0 saturated carbocycles. The number of carbonyl (C=O) groups is 2. The number of ketones is 1. The van der Waals surface area contributed by atoms with E-state index in [1.165, 1.54) is 0 Å². The van der Waals surface area contributed by atoms with Crippen molar-refractivity contribution in [3.8, 4) is 5.75 Å². The van der Waals surface area contributed by atoms with Gasteiger partial charge in [-0.25, -0.2) is 0 Å². The van der Waals surface area contributed by atoms with E-state index in [1.807, 2.05) is 6.92 Å². The summed E-state index contributed by atoms with van der Waals surface area (Å²) >= 11 is 5.78. The van der Waals surface area contributed by atoms with Gasteiger partial charge < -0.3 is 10.1 Å². The zero-order chi connectivity index (χ0) is 14.4. The van der Waals surface area contributed by atoms with Gasteiger partial charge in [-0.3, -0.25) is 9.59 Å². The zero-order valence-electron chi connectivity index (χ0n) is 11.3. The quantitative estimate of drug-likeness (QED) is 0.644. The maximum atomic E-state index is 11.8. The van der Waals surface area contributed by atoms with Crippen molar-refractivity contribution in [2.75, 3.05) is 11.9 Å². The molecule has 104 valence electrons. The van der Waals surface area contributed by atoms with Gasteiger partial charge in [0.05, 0.1) is 17.7 Å². The summed E-state index contributed by atoms with van der Waals surface area (Å²) in [6.07, 6.45) is 0.380. The summed E-state index contributed by atoms with van der Waals surface area (Å²) in [5, 5.41) is 2.14. The molecule has 19 heavy (non-hydrogen) atoms. The van der Waals surface area contributed by atoms with Crippen LogP contribution in [0.4, 0.5) is 5.69 Å². The van der Waals surface area contributed by atoms with Gasteiger partial charge in [-0.1, -0.05) is 6.92 Å². The van der Waals surface area contributed by atoms with E-state index in [-0.39, 0.29) is 11.7 Å². The topological polar surface area (TPSA) is 55.4 Å². The lowest BCUT2D eigenvalue weighted by atomic mass is 10.1. The summed E-state index contributed by atoms with van der Waals surface area (Å²) in [6.45, 7) is 5.67. The summed E-state index contributed by atoms with van der Waals surface area (Å²) in [4.78, 5) is 23.2. The number of rotatable bonds is 6. The van der Waals surface area contributed by atoms with Gasteiger partial charge in [-0.2, -0.15) is 0 Å². The third-order valence-electron chi connectivity index (χ3n) is 2.52. The Balaban J connectivity index is 3.07. The Morgan fingerprint density at radius 2 is 2.05 bits per heavy atom. The first-order valence-electron chi connectivity index (χ1n) is 6.24. The lowest BCUT2D eigenvalue weighted by Crippen LogP contribution is -2.13. The molecule has 0 aliphatic heterocycles. The molecular weight excluding hydrogens is 266 g/mol. The van der Waals surface area contributed by atoms with Gasteiger partial charge in [-0.15, -0.1) is 11.6 Å². The van der Waals surface area contributed by atoms with E-state index in [1.54, 1.807) is 32.0 Å². The van der Waals surface area contributed by atoms with Crippen molar-refractivity contribution in [1.29, 1.82) is 0 Å². The Bertz CT molecular complexity index is 472. The second-order valence-electron chi connectivity index (χ2n) is 4.03. The van der Waals surface area contributed by atoms with Crippen molar-refractivity contribution in [1.82, 2.24) is 0 Å². The smallest absolute Gasteiger partial charge is 0.224 e. The third kappa shape index (κ3) is 4.24. The molecule has 5 heteroatoms. The van der Waals surface area contributed by atoms with E-state index in [4.69, 9.17) is 16.3 Å². The highest BCUT2D eigenvalue weighted by molar-refractivity contribution is 6.33. The fraction of sp³-hybridized carbons (Fsp3) is 0.429. The Morgan fingerprint density at radius 1 is 1.37 bits per heavy atom. The molecule has 0 bridgehead atoms. The highest BCUT2D eigenvalue weighted by Gasteiger charge is 2.15. The lowest BCUT2D eigenvalue weighted by molar-refractivity contribution is -0.115. The summed E-state index contributed by atoms with van der Waals surface area (Å²) in [7, 11) is 0. The van der Waals surface area contributed by atoms with Crippen molar-refractivity contribution < 1.29 is 14.3 Å². The number of hydrogen-bond donors (Lipinski definition) is 1. The molecule has 0 fully saturated rings. The molecule has 0 heterocycles. The van der Waals surface area contributed by atoms with Crippen LogP contribution in [0.25, 0.3) is 0 Å². The van der Waals surface area contributed by atoms with Crippen LogP contribution in [0.1, 0.15) is 37.6 Å². The summed E-state index contributed by atoms with van der Waals surface area (Å²) < 4.78 is 5.44. The van der Waals surface area contributed by atoms with Gasteiger partial charge in [0, 0.05) is 12.0 Å². The van der Waals surface area contributed by atoms with Gasteiger partial charge in [-0.05, 0) is 32.0 Å². The van der Waals surface area contributed by atoms with Gasteiger partial charge in [0.2, 0.25) is 5.91 Å². The first-order valence-corrected chi connectivity index (χ1v) is 6.68. The number of halogens is 1. The maximum Gasteiger partial charge on any atom is 0.224 e. The minimum atomic E-state index is -0.592. The highest BCUT2D eigenvalue weighted by atomic mass is 35.5. The normalized spacial score (nSPS) is 11.8. The molecular formula is C14H18ClNO3. The molecule has 4 nitrogen and oxygen atoms in total. The Hall–Kier alpha value is -1.55. The van der Waals surface area contributed by atoms with Gasteiger partial charge in [0.15, 0.2) is 5.78 Å². The molecule has 1 atom stereocenters. The molecule has 1 unspecified atom stereocenters. The molecule has 0 aliphatic carbocycles. The number of benzene rings is 1. The summed E-state index contributed by atoms with van der Waals surface area (Å²) in [5.41, 5.74) is 1.04. The van der Waals surface area contributed by atoms with Crippen molar-refractivity contribution in [2.45, 2.75) is 32.6 Å². The Morgan fingerprint density at radius 3 is 2.58 bits per heavy atom. The lowest BCUT2D eigenvalue weighted by Gasteiger charge is -2.13. The summed E-state index contributed by atoms with van der Waals surface area (Å²) in [5.74, 6) is 0.203. The third-order valence-corrected chi connectivity index (χ3v) is 2.72. The van der Waals surface area contributed by atoms with Crippen LogP contribution in [0, 0.1) is 0 Å². The minimum Gasteiger partial charge on any atom is -0.492 e. The molecule has 0 aliphatic rings. The molecule has 0 spiro atoms. The predicted molar refractivity (Wildman–Crippen MR) is 76.2 cm³/mol. The number of nitrogens with one attached hydrogen (secondary N) is 1. The molecule has 1 aromatic carbocycles. The van der Waals surface area contributed by atoms with Crippen LogP contribution in [0.15, 0.2) is 18.2 Å². The molecule has 0 radical (unpaired) electrons. The molecule has 0 aromatic heterocycles. The van der Waals surface area contributed by atoms with E-state index in [0.29, 0.717) is 30.0 Å². The van der Waals surface area contributed by atoms with Crippen LogP contribution in [0.3, 0.4) is 0 Å². The van der Waals surface area contributed by atoms with Crippen LogP contribution in [0.5, 0.6) is 5.75 Å². The fourth-order valence-corrected chi connectivity index (χ4v) is 1.65. The number of Topliss-reactive ketones (excluding diaryl/α,β-unsaturated/α-hetero) is 1. The van der Waals surface area contributed by atoms with Crippen molar-refractivity contribution in [2.24, 2.45) is 0 Å². The number of alkyl halides is 1. The first-order chi connectivity index (χ1) is 8.99. The van der Waals surface area contributed by atoms with Crippen LogP contribution in [-0.2, 0) is 4.79 Å². The number of ether oxygens (including phenoxy) is 1. The van der Waals surface area contributed by atoms with E-state index >= 15 is 0 Å². The van der Waals surface area contributed by atoms with Crippen LogP contribution < -0.4 is 10.1 Å². The molecule has 1 rings (SSSR count). The average molecular weight is 284 g/mol. The Kier molecular flexibility index (Phi) is 5.83.